The van der Waals surface area contributed by atoms with Crippen LogP contribution in [0.5, 0.6) is 11.5 Å². The molecule has 2 aromatic rings. The first-order chi connectivity index (χ1) is 15.3. The number of alkyl halides is 3. The summed E-state index contributed by atoms with van der Waals surface area (Å²) < 4.78 is 51.9. The van der Waals surface area contributed by atoms with Gasteiger partial charge >= 0.3 is 6.18 Å². The number of ether oxygens (including phenoxy) is 3. The first kappa shape index (κ1) is 24.9. The zero-order valence-corrected chi connectivity index (χ0v) is 18.0. The van der Waals surface area contributed by atoms with Crippen molar-refractivity contribution in [2.75, 3.05) is 27.4 Å². The summed E-state index contributed by atoms with van der Waals surface area (Å²) in [5, 5.41) is 6.39. The van der Waals surface area contributed by atoms with Crippen LogP contribution in [0.2, 0.25) is 0 Å². The smallest absolute Gasteiger partial charge is 0.411 e. The lowest BCUT2D eigenvalue weighted by Gasteiger charge is -2.14. The number of methoxy groups -OCH3 is 1. The standard InChI is InChI=1S/C23H26F3N3O3/c1-4-11-32-21-12-19(9-10-20(21)30-3)14-29-22(27-2)28-13-17-5-7-18(8-6-17)15-31-16-23(24,25)26/h1,5-10,12H,11,13-16H2,2-3H3,(H2,27,28,29). The number of nitrogens with one attached hydrogen (secondary N) is 2. The van der Waals surface area contributed by atoms with E-state index in [1.807, 2.05) is 24.3 Å². The Hall–Kier alpha value is -3.38. The number of rotatable bonds is 10. The third-order valence-electron chi connectivity index (χ3n) is 4.24. The lowest BCUT2D eigenvalue weighted by atomic mass is 10.1. The second-order valence-corrected chi connectivity index (χ2v) is 6.68. The van der Waals surface area contributed by atoms with E-state index in [-0.39, 0.29) is 13.2 Å². The Morgan fingerprint density at radius 1 is 1.00 bits per heavy atom. The van der Waals surface area contributed by atoms with E-state index >= 15 is 0 Å². The fourth-order valence-corrected chi connectivity index (χ4v) is 2.69. The van der Waals surface area contributed by atoms with Crippen molar-refractivity contribution in [3.8, 4) is 23.8 Å². The van der Waals surface area contributed by atoms with Crippen LogP contribution in [-0.2, 0) is 24.4 Å². The van der Waals surface area contributed by atoms with Gasteiger partial charge in [-0.05, 0) is 28.8 Å². The van der Waals surface area contributed by atoms with Gasteiger partial charge in [0.15, 0.2) is 17.5 Å². The zero-order valence-electron chi connectivity index (χ0n) is 18.0. The lowest BCUT2D eigenvalue weighted by Crippen LogP contribution is -2.36. The van der Waals surface area contributed by atoms with Crippen molar-refractivity contribution >= 4 is 5.96 Å². The number of aliphatic imine (C=N–C) groups is 1. The van der Waals surface area contributed by atoms with Crippen LogP contribution in [0.15, 0.2) is 47.5 Å². The van der Waals surface area contributed by atoms with Gasteiger partial charge in [-0.3, -0.25) is 4.99 Å². The highest BCUT2D eigenvalue weighted by Gasteiger charge is 2.27. The molecule has 0 aliphatic rings. The molecule has 2 N–H and O–H groups in total. The predicted octanol–water partition coefficient (Wildman–Crippen LogP) is 3.65. The Kier molecular flexibility index (Phi) is 9.70. The van der Waals surface area contributed by atoms with Gasteiger partial charge in [0.1, 0.15) is 13.2 Å². The largest absolute Gasteiger partial charge is 0.493 e. The molecule has 0 fully saturated rings. The quantitative estimate of drug-likeness (QED) is 0.329. The highest BCUT2D eigenvalue weighted by molar-refractivity contribution is 5.79. The number of guanidine groups is 1. The maximum Gasteiger partial charge on any atom is 0.411 e. The molecule has 6 nitrogen and oxygen atoms in total. The van der Waals surface area contributed by atoms with E-state index in [4.69, 9.17) is 15.9 Å². The Morgan fingerprint density at radius 3 is 2.22 bits per heavy atom. The molecular formula is C23H26F3N3O3. The number of hydrogen-bond acceptors (Lipinski definition) is 4. The monoisotopic (exact) mass is 449 g/mol. The molecule has 0 saturated carbocycles. The van der Waals surface area contributed by atoms with Crippen LogP contribution in [-0.4, -0.2) is 39.5 Å². The summed E-state index contributed by atoms with van der Waals surface area (Å²) in [6, 6.07) is 12.7. The van der Waals surface area contributed by atoms with E-state index in [2.05, 4.69) is 26.3 Å². The predicted molar refractivity (Wildman–Crippen MR) is 117 cm³/mol. The molecule has 32 heavy (non-hydrogen) atoms. The van der Waals surface area contributed by atoms with Gasteiger partial charge in [0.25, 0.3) is 0 Å². The molecular weight excluding hydrogens is 423 g/mol. The Labute approximate surface area is 185 Å². The van der Waals surface area contributed by atoms with E-state index in [0.717, 1.165) is 11.1 Å². The van der Waals surface area contributed by atoms with Gasteiger partial charge in [-0.1, -0.05) is 36.3 Å². The molecule has 0 aromatic heterocycles. The average molecular weight is 449 g/mol. The summed E-state index contributed by atoms with van der Waals surface area (Å²) in [6.45, 7) is -0.229. The number of benzene rings is 2. The van der Waals surface area contributed by atoms with Gasteiger partial charge in [-0.15, -0.1) is 6.42 Å². The number of hydrogen-bond donors (Lipinski definition) is 2. The molecule has 9 heteroatoms. The molecule has 0 unspecified atom stereocenters. The third-order valence-corrected chi connectivity index (χ3v) is 4.24. The molecule has 2 aromatic carbocycles. The first-order valence-corrected chi connectivity index (χ1v) is 9.74. The van der Waals surface area contributed by atoms with Gasteiger partial charge in [-0.25, -0.2) is 0 Å². The zero-order chi connectivity index (χ0) is 23.4. The van der Waals surface area contributed by atoms with Gasteiger partial charge in [0, 0.05) is 20.1 Å². The lowest BCUT2D eigenvalue weighted by molar-refractivity contribution is -0.176. The summed E-state index contributed by atoms with van der Waals surface area (Å²) in [5.74, 6) is 4.17. The molecule has 0 radical (unpaired) electrons. The minimum Gasteiger partial charge on any atom is -0.493 e. The third kappa shape index (κ3) is 8.78. The Balaban J connectivity index is 1.84. The van der Waals surface area contributed by atoms with E-state index in [1.165, 1.54) is 0 Å². The molecule has 0 aliphatic carbocycles. The second-order valence-electron chi connectivity index (χ2n) is 6.68. The van der Waals surface area contributed by atoms with Crippen LogP contribution in [0.1, 0.15) is 16.7 Å². The van der Waals surface area contributed by atoms with Crippen LogP contribution in [0.3, 0.4) is 0 Å². The van der Waals surface area contributed by atoms with E-state index in [0.29, 0.717) is 36.1 Å². The molecule has 0 amide bonds. The first-order valence-electron chi connectivity index (χ1n) is 9.74. The molecule has 0 aliphatic heterocycles. The highest BCUT2D eigenvalue weighted by atomic mass is 19.4. The van der Waals surface area contributed by atoms with Crippen LogP contribution in [0.4, 0.5) is 13.2 Å². The molecule has 2 rings (SSSR count). The van der Waals surface area contributed by atoms with Crippen molar-refractivity contribution < 1.29 is 27.4 Å². The maximum atomic E-state index is 12.1. The van der Waals surface area contributed by atoms with Gasteiger partial charge < -0.3 is 24.8 Å². The number of halogens is 3. The number of nitrogens with zero attached hydrogens (tertiary/aromatic N) is 1. The summed E-state index contributed by atoms with van der Waals surface area (Å²) in [5.41, 5.74) is 2.56. The van der Waals surface area contributed by atoms with Crippen molar-refractivity contribution in [1.29, 1.82) is 0 Å². The molecule has 172 valence electrons. The summed E-state index contributed by atoms with van der Waals surface area (Å²) >= 11 is 0. The molecule has 0 bridgehead atoms. The normalized spacial score (nSPS) is 11.6. The van der Waals surface area contributed by atoms with Crippen LogP contribution < -0.4 is 20.1 Å². The average Bonchev–Trinajstić information content (AvgIpc) is 2.78. The Morgan fingerprint density at radius 2 is 1.62 bits per heavy atom. The van der Waals surface area contributed by atoms with Crippen molar-refractivity contribution in [2.24, 2.45) is 4.99 Å². The van der Waals surface area contributed by atoms with Crippen molar-refractivity contribution in [3.05, 3.63) is 59.2 Å². The van der Waals surface area contributed by atoms with Crippen LogP contribution in [0.25, 0.3) is 0 Å². The highest BCUT2D eigenvalue weighted by Crippen LogP contribution is 2.28. The molecule has 0 spiro atoms. The molecule has 0 atom stereocenters. The van der Waals surface area contributed by atoms with Gasteiger partial charge in [-0.2, -0.15) is 13.2 Å². The van der Waals surface area contributed by atoms with Crippen molar-refractivity contribution in [3.63, 3.8) is 0 Å². The minimum absolute atomic E-state index is 0.0919. The number of terminal acetylenes is 1. The fraction of sp³-hybridized carbons (Fsp3) is 0.348. The minimum atomic E-state index is -4.32. The summed E-state index contributed by atoms with van der Waals surface area (Å²) in [6.07, 6.45) is 0.925. The van der Waals surface area contributed by atoms with Gasteiger partial charge in [0.2, 0.25) is 0 Å². The SMILES string of the molecule is C#CCOc1cc(CNC(=NC)NCc2ccc(COCC(F)(F)F)cc2)ccc1OC. The van der Waals surface area contributed by atoms with Crippen molar-refractivity contribution in [1.82, 2.24) is 10.6 Å². The van der Waals surface area contributed by atoms with Gasteiger partial charge in [0.05, 0.1) is 13.7 Å². The molecule has 0 saturated heterocycles. The van der Waals surface area contributed by atoms with Crippen molar-refractivity contribution in [2.45, 2.75) is 25.9 Å². The summed E-state index contributed by atoms with van der Waals surface area (Å²) in [7, 11) is 3.22. The van der Waals surface area contributed by atoms with Crippen LogP contribution >= 0.6 is 0 Å². The van der Waals surface area contributed by atoms with E-state index in [9.17, 15) is 13.2 Å². The van der Waals surface area contributed by atoms with E-state index < -0.39 is 12.8 Å². The summed E-state index contributed by atoms with van der Waals surface area (Å²) in [4.78, 5) is 4.19. The maximum absolute atomic E-state index is 12.1. The fourth-order valence-electron chi connectivity index (χ4n) is 2.69. The molecule has 0 heterocycles. The van der Waals surface area contributed by atoms with E-state index in [1.54, 1.807) is 32.4 Å². The second kappa shape index (κ2) is 12.5. The van der Waals surface area contributed by atoms with Crippen LogP contribution in [0, 0.1) is 12.3 Å². The topological polar surface area (TPSA) is 64.1 Å². The Bertz CT molecular complexity index is 923.